The first-order valence-corrected chi connectivity index (χ1v) is 7.42. The second-order valence-corrected chi connectivity index (χ2v) is 6.11. The monoisotopic (exact) mass is 290 g/mol. The molecule has 0 unspecified atom stereocenters. The van der Waals surface area contributed by atoms with Crippen LogP contribution in [0.5, 0.6) is 11.5 Å². The summed E-state index contributed by atoms with van der Waals surface area (Å²) in [6.07, 6.45) is -0.716. The number of rotatable bonds is 4. The van der Waals surface area contributed by atoms with E-state index in [1.807, 2.05) is 0 Å². The Morgan fingerprint density at radius 2 is 2.22 bits per heavy atom. The molecule has 4 N–H and O–H groups in total. The van der Waals surface area contributed by atoms with Crippen molar-refractivity contribution in [3.8, 4) is 11.5 Å². The molecule has 0 aliphatic heterocycles. The van der Waals surface area contributed by atoms with E-state index in [1.54, 1.807) is 6.07 Å². The highest BCUT2D eigenvalue weighted by atomic mass is 32.1. The summed E-state index contributed by atoms with van der Waals surface area (Å²) in [7, 11) is -2.76. The zero-order chi connectivity index (χ0) is 13.3. The molecule has 0 atom stereocenters. The van der Waals surface area contributed by atoms with E-state index >= 15 is 0 Å². The van der Waals surface area contributed by atoms with Crippen molar-refractivity contribution in [2.75, 3.05) is 19.2 Å². The van der Waals surface area contributed by atoms with Gasteiger partial charge in [0.25, 0.3) is 0 Å². The van der Waals surface area contributed by atoms with Gasteiger partial charge in [-0.15, -0.1) is 0 Å². The van der Waals surface area contributed by atoms with Gasteiger partial charge in [0.15, 0.2) is 17.2 Å². The molecule has 0 radical (unpaired) electrons. The van der Waals surface area contributed by atoms with Gasteiger partial charge in [0.2, 0.25) is 0 Å². The third-order valence-electron chi connectivity index (χ3n) is 2.07. The van der Waals surface area contributed by atoms with Crippen LogP contribution in [0.15, 0.2) is 12.1 Å². The maximum atomic E-state index is 10.8. The largest absolute Gasteiger partial charge is 0.497 e. The summed E-state index contributed by atoms with van der Waals surface area (Å²) in [4.78, 5) is 21.6. The zero-order valence-electron chi connectivity index (χ0n) is 9.36. The average molecular weight is 290 g/mol. The van der Waals surface area contributed by atoms with E-state index < -0.39 is 13.9 Å². The van der Waals surface area contributed by atoms with Crippen LogP contribution in [0, 0.1) is 0 Å². The second kappa shape index (κ2) is 4.74. The Hall–Kier alpha value is -1.34. The highest BCUT2D eigenvalue weighted by Crippen LogP contribution is 2.39. The van der Waals surface area contributed by atoms with Gasteiger partial charge < -0.3 is 25.0 Å². The van der Waals surface area contributed by atoms with Crippen LogP contribution < -0.4 is 15.2 Å². The number of aromatic nitrogens is 1. The molecule has 98 valence electrons. The molecule has 0 bridgehead atoms. The average Bonchev–Trinajstić information content (AvgIpc) is 2.64. The van der Waals surface area contributed by atoms with Crippen LogP contribution in [0.4, 0.5) is 5.13 Å². The Kier molecular flexibility index (Phi) is 3.45. The molecule has 18 heavy (non-hydrogen) atoms. The van der Waals surface area contributed by atoms with E-state index in [4.69, 9.17) is 25.0 Å². The minimum atomic E-state index is -4.24. The van der Waals surface area contributed by atoms with E-state index in [0.29, 0.717) is 16.4 Å². The SMILES string of the molecule is COc1cc(OCP(=O)(O)O)c2nc(N)sc2c1. The van der Waals surface area contributed by atoms with Gasteiger partial charge in [-0.2, -0.15) is 0 Å². The van der Waals surface area contributed by atoms with Gasteiger partial charge in [-0.05, 0) is 6.07 Å². The maximum Gasteiger partial charge on any atom is 0.362 e. The fourth-order valence-corrected chi connectivity index (χ4v) is 2.46. The Morgan fingerprint density at radius 3 is 2.83 bits per heavy atom. The van der Waals surface area contributed by atoms with E-state index in [-0.39, 0.29) is 5.75 Å². The second-order valence-electron chi connectivity index (χ2n) is 3.46. The lowest BCUT2D eigenvalue weighted by Crippen LogP contribution is -1.99. The third-order valence-corrected chi connectivity index (χ3v) is 3.37. The fourth-order valence-electron chi connectivity index (χ4n) is 1.37. The van der Waals surface area contributed by atoms with Crippen LogP contribution in [0.2, 0.25) is 0 Å². The van der Waals surface area contributed by atoms with Crippen LogP contribution in [0.1, 0.15) is 0 Å². The van der Waals surface area contributed by atoms with Crippen LogP contribution >= 0.6 is 18.9 Å². The Labute approximate surface area is 106 Å². The minimum absolute atomic E-state index is 0.237. The molecule has 0 aliphatic carbocycles. The molecular formula is C9H11N2O5PS. The molecule has 0 amide bonds. The predicted molar refractivity (Wildman–Crippen MR) is 68.1 cm³/mol. The number of anilines is 1. The summed E-state index contributed by atoms with van der Waals surface area (Å²) in [5, 5.41) is 0.347. The topological polar surface area (TPSA) is 115 Å². The lowest BCUT2D eigenvalue weighted by Gasteiger charge is -2.09. The van der Waals surface area contributed by atoms with E-state index in [1.165, 1.54) is 24.5 Å². The standard InChI is InChI=1S/C9H11N2O5PS/c1-15-5-2-6(16-4-17(12,13)14)8-7(3-5)18-9(10)11-8/h2-3H,4H2,1H3,(H2,10,11)(H2,12,13,14). The van der Waals surface area contributed by atoms with Crippen molar-refractivity contribution in [3.05, 3.63) is 12.1 Å². The number of ether oxygens (including phenoxy) is 2. The highest BCUT2D eigenvalue weighted by molar-refractivity contribution is 7.51. The van der Waals surface area contributed by atoms with Gasteiger partial charge in [0.1, 0.15) is 11.3 Å². The molecule has 1 aromatic heterocycles. The third kappa shape index (κ3) is 2.91. The summed E-state index contributed by atoms with van der Waals surface area (Å²) in [5.74, 6) is 0.743. The number of methoxy groups -OCH3 is 1. The number of thiazole rings is 1. The Morgan fingerprint density at radius 1 is 1.50 bits per heavy atom. The normalized spacial score (nSPS) is 11.7. The summed E-state index contributed by atoms with van der Waals surface area (Å²) in [6.45, 7) is 0. The molecule has 0 saturated heterocycles. The maximum absolute atomic E-state index is 10.8. The van der Waals surface area contributed by atoms with Gasteiger partial charge in [-0.3, -0.25) is 4.57 Å². The minimum Gasteiger partial charge on any atom is -0.497 e. The molecule has 0 spiro atoms. The Balaban J connectivity index is 2.43. The van der Waals surface area contributed by atoms with Crippen molar-refractivity contribution in [1.82, 2.24) is 4.98 Å². The summed E-state index contributed by atoms with van der Waals surface area (Å²) >= 11 is 1.24. The van der Waals surface area contributed by atoms with Crippen molar-refractivity contribution in [2.24, 2.45) is 0 Å². The molecule has 0 saturated carbocycles. The molecule has 9 heteroatoms. The number of nitrogen functional groups attached to an aromatic ring is 1. The van der Waals surface area contributed by atoms with Gasteiger partial charge in [-0.1, -0.05) is 11.3 Å². The molecule has 0 fully saturated rings. The molecule has 2 rings (SSSR count). The molecular weight excluding hydrogens is 279 g/mol. The number of nitrogens with two attached hydrogens (primary N) is 1. The number of hydrogen-bond donors (Lipinski definition) is 3. The van der Waals surface area contributed by atoms with Crippen LogP contribution in [-0.4, -0.2) is 28.2 Å². The van der Waals surface area contributed by atoms with Crippen molar-refractivity contribution in [3.63, 3.8) is 0 Å². The van der Waals surface area contributed by atoms with E-state index in [0.717, 1.165) is 4.70 Å². The highest BCUT2D eigenvalue weighted by Gasteiger charge is 2.17. The van der Waals surface area contributed by atoms with Gasteiger partial charge >= 0.3 is 7.60 Å². The number of fused-ring (bicyclic) bond motifs is 1. The first-order valence-electron chi connectivity index (χ1n) is 4.80. The molecule has 1 aromatic carbocycles. The molecule has 7 nitrogen and oxygen atoms in total. The first kappa shape index (κ1) is 13.1. The molecule has 1 heterocycles. The first-order chi connectivity index (χ1) is 8.39. The summed E-state index contributed by atoms with van der Waals surface area (Å²) < 4.78 is 21.7. The van der Waals surface area contributed by atoms with Gasteiger partial charge in [0, 0.05) is 6.07 Å². The van der Waals surface area contributed by atoms with Crippen molar-refractivity contribution in [1.29, 1.82) is 0 Å². The molecule has 2 aromatic rings. The van der Waals surface area contributed by atoms with Crippen molar-refractivity contribution >= 4 is 34.3 Å². The van der Waals surface area contributed by atoms with Crippen molar-refractivity contribution in [2.45, 2.75) is 0 Å². The lowest BCUT2D eigenvalue weighted by atomic mass is 10.3. The van der Waals surface area contributed by atoms with Crippen LogP contribution in [0.25, 0.3) is 10.2 Å². The van der Waals surface area contributed by atoms with E-state index in [9.17, 15) is 4.57 Å². The Bertz CT molecular complexity index is 623. The summed E-state index contributed by atoms with van der Waals surface area (Å²) in [5.41, 5.74) is 6.05. The quantitative estimate of drug-likeness (QED) is 0.729. The molecule has 0 aliphatic rings. The van der Waals surface area contributed by atoms with Gasteiger partial charge in [-0.25, -0.2) is 4.98 Å². The summed E-state index contributed by atoms with van der Waals surface area (Å²) in [6, 6.07) is 3.24. The lowest BCUT2D eigenvalue weighted by molar-refractivity contribution is 0.301. The van der Waals surface area contributed by atoms with Crippen molar-refractivity contribution < 1.29 is 23.8 Å². The smallest absolute Gasteiger partial charge is 0.362 e. The zero-order valence-corrected chi connectivity index (χ0v) is 11.1. The number of benzene rings is 1. The van der Waals surface area contributed by atoms with Gasteiger partial charge in [0.05, 0.1) is 11.8 Å². The fraction of sp³-hybridized carbons (Fsp3) is 0.222. The van der Waals surface area contributed by atoms with Crippen LogP contribution in [0.3, 0.4) is 0 Å². The van der Waals surface area contributed by atoms with Crippen LogP contribution in [-0.2, 0) is 4.57 Å². The number of nitrogens with zero attached hydrogens (tertiary/aromatic N) is 1. The number of hydrogen-bond acceptors (Lipinski definition) is 6. The van der Waals surface area contributed by atoms with E-state index in [2.05, 4.69) is 4.98 Å². The predicted octanol–water partition coefficient (Wildman–Crippen LogP) is 1.40.